The van der Waals surface area contributed by atoms with Gasteiger partial charge in [0, 0.05) is 0 Å². The first-order valence-electron chi connectivity index (χ1n) is 7.93. The number of ether oxygens (including phenoxy) is 1. The fourth-order valence-electron chi connectivity index (χ4n) is 2.39. The van der Waals surface area contributed by atoms with E-state index in [4.69, 9.17) is 4.74 Å². The summed E-state index contributed by atoms with van der Waals surface area (Å²) >= 11 is 0. The van der Waals surface area contributed by atoms with Crippen molar-refractivity contribution in [2.24, 2.45) is 0 Å². The van der Waals surface area contributed by atoms with Crippen molar-refractivity contribution in [3.8, 4) is 11.5 Å². The zero-order valence-electron chi connectivity index (χ0n) is 14.2. The number of benzene rings is 3. The van der Waals surface area contributed by atoms with E-state index in [9.17, 15) is 28.2 Å². The molecule has 0 N–H and O–H groups in total. The van der Waals surface area contributed by atoms with Crippen LogP contribution >= 0.6 is 0 Å². The molecule has 0 bridgehead atoms. The lowest BCUT2D eigenvalue weighted by molar-refractivity contribution is -0.256. The molecular formula is C20H12O7S-2. The van der Waals surface area contributed by atoms with E-state index in [2.05, 4.69) is 0 Å². The molecule has 0 fully saturated rings. The Labute approximate surface area is 160 Å². The topological polar surface area (TPSA) is 124 Å². The predicted molar refractivity (Wildman–Crippen MR) is 93.5 cm³/mol. The minimum atomic E-state index is -3.83. The molecule has 0 aliphatic rings. The number of hydrogen-bond donors (Lipinski definition) is 0. The molecule has 0 saturated carbocycles. The van der Waals surface area contributed by atoms with Crippen molar-refractivity contribution in [1.29, 1.82) is 0 Å². The van der Waals surface area contributed by atoms with Crippen LogP contribution in [0.4, 0.5) is 0 Å². The summed E-state index contributed by atoms with van der Waals surface area (Å²) in [5, 5.41) is 21.5. The van der Waals surface area contributed by atoms with Gasteiger partial charge in [0.15, 0.2) is 0 Å². The van der Waals surface area contributed by atoms with Gasteiger partial charge in [-0.1, -0.05) is 12.1 Å². The summed E-state index contributed by atoms with van der Waals surface area (Å²) in [6.07, 6.45) is 0. The van der Waals surface area contributed by atoms with Gasteiger partial charge in [0.1, 0.15) is 11.5 Å². The number of carbonyl (C=O) groups is 2. The summed E-state index contributed by atoms with van der Waals surface area (Å²) < 4.78 is 30.8. The van der Waals surface area contributed by atoms with Gasteiger partial charge in [-0.05, 0) is 71.8 Å². The molecule has 0 atom stereocenters. The number of carboxylic acid groups (broad SMARTS) is 2. The van der Waals surface area contributed by atoms with Crippen LogP contribution in [0.2, 0.25) is 0 Å². The molecule has 142 valence electrons. The first-order valence-corrected chi connectivity index (χ1v) is 9.41. The Kier molecular flexibility index (Phi) is 5.14. The highest BCUT2D eigenvalue weighted by Gasteiger charge is 2.17. The second kappa shape index (κ2) is 7.53. The second-order valence-corrected chi connectivity index (χ2v) is 7.65. The first kappa shape index (κ1) is 19.1. The minimum Gasteiger partial charge on any atom is -0.545 e. The van der Waals surface area contributed by atoms with Crippen LogP contribution in [-0.2, 0) is 9.84 Å². The van der Waals surface area contributed by atoms with Crippen LogP contribution in [0, 0.1) is 0 Å². The molecule has 0 radical (unpaired) electrons. The maximum absolute atomic E-state index is 12.6. The summed E-state index contributed by atoms with van der Waals surface area (Å²) in [4.78, 5) is 21.5. The van der Waals surface area contributed by atoms with Crippen LogP contribution in [-0.4, -0.2) is 20.4 Å². The van der Waals surface area contributed by atoms with E-state index in [1.54, 1.807) is 0 Å². The third-order valence-corrected chi connectivity index (χ3v) is 5.65. The first-order chi connectivity index (χ1) is 13.3. The van der Waals surface area contributed by atoms with Gasteiger partial charge in [0.05, 0.1) is 21.7 Å². The number of carboxylic acids is 2. The van der Waals surface area contributed by atoms with Gasteiger partial charge in [-0.2, -0.15) is 0 Å². The summed E-state index contributed by atoms with van der Waals surface area (Å²) in [6, 6.07) is 15.9. The number of rotatable bonds is 6. The maximum Gasteiger partial charge on any atom is 0.206 e. The molecule has 8 heteroatoms. The molecule has 0 aromatic heterocycles. The van der Waals surface area contributed by atoms with Crippen LogP contribution in [0.25, 0.3) is 0 Å². The summed E-state index contributed by atoms with van der Waals surface area (Å²) in [7, 11) is -3.83. The predicted octanol–water partition coefficient (Wildman–Crippen LogP) is 1.04. The molecular weight excluding hydrogens is 384 g/mol. The number of hydrogen-bond acceptors (Lipinski definition) is 7. The van der Waals surface area contributed by atoms with Crippen molar-refractivity contribution in [3.05, 3.63) is 83.9 Å². The van der Waals surface area contributed by atoms with Gasteiger partial charge in [0.25, 0.3) is 0 Å². The molecule has 28 heavy (non-hydrogen) atoms. The van der Waals surface area contributed by atoms with E-state index in [1.807, 2.05) is 0 Å². The molecule has 0 heterocycles. The molecule has 0 spiro atoms. The van der Waals surface area contributed by atoms with E-state index in [0.29, 0.717) is 11.5 Å². The Hall–Kier alpha value is -3.65. The van der Waals surface area contributed by atoms with Crippen molar-refractivity contribution in [1.82, 2.24) is 0 Å². The SMILES string of the molecule is O=C([O-])c1ccc(Oc2ccc(S(=O)(=O)c3ccc(C(=O)[O-])cc3)cc2)cc1. The van der Waals surface area contributed by atoms with Gasteiger partial charge < -0.3 is 24.5 Å². The zero-order chi connectivity index (χ0) is 20.3. The lowest BCUT2D eigenvalue weighted by Gasteiger charge is -2.09. The van der Waals surface area contributed by atoms with Crippen LogP contribution < -0.4 is 14.9 Å². The minimum absolute atomic E-state index is 0.00773. The van der Waals surface area contributed by atoms with Gasteiger partial charge in [-0.3, -0.25) is 0 Å². The van der Waals surface area contributed by atoms with Gasteiger partial charge >= 0.3 is 0 Å². The van der Waals surface area contributed by atoms with Gasteiger partial charge in [-0.15, -0.1) is 0 Å². The van der Waals surface area contributed by atoms with Gasteiger partial charge in [-0.25, -0.2) is 8.42 Å². The molecule has 0 aliphatic carbocycles. The van der Waals surface area contributed by atoms with Crippen LogP contribution in [0.1, 0.15) is 20.7 Å². The van der Waals surface area contributed by atoms with Crippen molar-refractivity contribution in [2.45, 2.75) is 9.79 Å². The number of aromatic carboxylic acids is 2. The third kappa shape index (κ3) is 4.02. The average molecular weight is 396 g/mol. The lowest BCUT2D eigenvalue weighted by Crippen LogP contribution is -2.22. The Morgan fingerprint density at radius 1 is 0.607 bits per heavy atom. The molecule has 3 rings (SSSR count). The Morgan fingerprint density at radius 3 is 1.32 bits per heavy atom. The number of sulfone groups is 1. The van der Waals surface area contributed by atoms with Crippen LogP contribution in [0.3, 0.4) is 0 Å². The average Bonchev–Trinajstić information content (AvgIpc) is 2.69. The monoisotopic (exact) mass is 396 g/mol. The fourth-order valence-corrected chi connectivity index (χ4v) is 3.65. The molecule has 0 aliphatic heterocycles. The van der Waals surface area contributed by atoms with Gasteiger partial charge in [0.2, 0.25) is 9.84 Å². The van der Waals surface area contributed by atoms with E-state index in [1.165, 1.54) is 60.7 Å². The molecule has 0 amide bonds. The molecule has 7 nitrogen and oxygen atoms in total. The standard InChI is InChI=1S/C20H14O7S/c21-19(22)13-1-5-15(6-2-13)27-16-7-11-18(12-8-16)28(25,26)17-9-3-14(4-10-17)20(23)24/h1-12H,(H,21,22)(H,23,24)/p-2. The highest BCUT2D eigenvalue weighted by atomic mass is 32.2. The molecule has 0 unspecified atom stereocenters. The quantitative estimate of drug-likeness (QED) is 0.610. The van der Waals surface area contributed by atoms with E-state index in [-0.39, 0.29) is 20.9 Å². The van der Waals surface area contributed by atoms with E-state index < -0.39 is 21.8 Å². The Bertz CT molecular complexity index is 1110. The van der Waals surface area contributed by atoms with E-state index >= 15 is 0 Å². The van der Waals surface area contributed by atoms with E-state index in [0.717, 1.165) is 12.1 Å². The van der Waals surface area contributed by atoms with Crippen LogP contribution in [0.15, 0.2) is 82.6 Å². The van der Waals surface area contributed by atoms with Crippen molar-refractivity contribution in [2.75, 3.05) is 0 Å². The molecule has 3 aromatic rings. The smallest absolute Gasteiger partial charge is 0.206 e. The maximum atomic E-state index is 12.6. The highest BCUT2D eigenvalue weighted by molar-refractivity contribution is 7.91. The molecule has 0 saturated heterocycles. The zero-order valence-corrected chi connectivity index (χ0v) is 15.0. The van der Waals surface area contributed by atoms with Crippen molar-refractivity contribution >= 4 is 21.8 Å². The Balaban J connectivity index is 1.79. The fraction of sp³-hybridized carbons (Fsp3) is 0. The van der Waals surface area contributed by atoms with Crippen LogP contribution in [0.5, 0.6) is 11.5 Å². The largest absolute Gasteiger partial charge is 0.545 e. The van der Waals surface area contributed by atoms with Crippen molar-refractivity contribution in [3.63, 3.8) is 0 Å². The highest BCUT2D eigenvalue weighted by Crippen LogP contribution is 2.26. The normalized spacial score (nSPS) is 11.0. The molecule has 3 aromatic carbocycles. The summed E-state index contributed by atoms with van der Waals surface area (Å²) in [5.74, 6) is -1.96. The lowest BCUT2D eigenvalue weighted by atomic mass is 10.2. The third-order valence-electron chi connectivity index (χ3n) is 3.86. The Morgan fingerprint density at radius 2 is 0.929 bits per heavy atom. The second-order valence-electron chi connectivity index (χ2n) is 5.70. The van der Waals surface area contributed by atoms with Crippen molar-refractivity contribution < 1.29 is 33.0 Å². The summed E-state index contributed by atoms with van der Waals surface area (Å²) in [6.45, 7) is 0. The summed E-state index contributed by atoms with van der Waals surface area (Å²) in [5.41, 5.74) is -0.106. The number of carbonyl (C=O) groups excluding carboxylic acids is 2.